The molecule has 2 aromatic carbocycles. The molecular formula is C22H20O8. The molecule has 1 aromatic heterocycles. The van der Waals surface area contributed by atoms with Gasteiger partial charge in [0.25, 0.3) is 0 Å². The van der Waals surface area contributed by atoms with Crippen LogP contribution in [0.15, 0.2) is 57.9 Å². The van der Waals surface area contributed by atoms with Crippen molar-refractivity contribution in [2.75, 3.05) is 13.7 Å². The molecule has 3 aromatic rings. The predicted octanol–water partition coefficient (Wildman–Crippen LogP) is 3.70. The maximum absolute atomic E-state index is 12.7. The van der Waals surface area contributed by atoms with Gasteiger partial charge in [0, 0.05) is 6.07 Å². The summed E-state index contributed by atoms with van der Waals surface area (Å²) in [6.07, 6.45) is 0.959. The van der Waals surface area contributed by atoms with E-state index in [1.807, 2.05) is 0 Å². The minimum Gasteiger partial charge on any atom is -0.482 e. The molecule has 0 atom stereocenters. The Labute approximate surface area is 171 Å². The second-order valence-corrected chi connectivity index (χ2v) is 6.53. The van der Waals surface area contributed by atoms with Crippen LogP contribution in [0, 0.1) is 0 Å². The highest BCUT2D eigenvalue weighted by molar-refractivity contribution is 5.89. The van der Waals surface area contributed by atoms with E-state index in [0.29, 0.717) is 17.1 Å². The molecule has 0 aliphatic carbocycles. The summed E-state index contributed by atoms with van der Waals surface area (Å²) in [6.45, 7) is 3.24. The predicted molar refractivity (Wildman–Crippen MR) is 107 cm³/mol. The van der Waals surface area contributed by atoms with Crippen molar-refractivity contribution in [2.24, 2.45) is 0 Å². The van der Waals surface area contributed by atoms with E-state index >= 15 is 0 Å². The summed E-state index contributed by atoms with van der Waals surface area (Å²) in [6, 6.07) is 10.7. The first-order valence-corrected chi connectivity index (χ1v) is 9.11. The molecular weight excluding hydrogens is 392 g/mol. The standard InChI is InChI=1S/C22H20O8/c1-13(2)29-20(23)12-27-16-8-9-17-18(10-16)28-11-19(21(17)24)30-15-6-4-14(5-7-15)22(25)26-3/h4-11,13H,12H2,1-3H3. The molecule has 0 unspecified atom stereocenters. The number of rotatable bonds is 7. The molecule has 3 rings (SSSR count). The molecule has 0 radical (unpaired) electrons. The third-order valence-electron chi connectivity index (χ3n) is 3.94. The summed E-state index contributed by atoms with van der Waals surface area (Å²) < 4.78 is 26.1. The number of esters is 2. The zero-order valence-electron chi connectivity index (χ0n) is 16.7. The van der Waals surface area contributed by atoms with Crippen molar-refractivity contribution in [1.29, 1.82) is 0 Å². The monoisotopic (exact) mass is 412 g/mol. The molecule has 0 aliphatic heterocycles. The van der Waals surface area contributed by atoms with Gasteiger partial charge in [-0.05, 0) is 50.2 Å². The Kier molecular flexibility index (Phi) is 6.36. The lowest BCUT2D eigenvalue weighted by molar-refractivity contribution is -0.149. The van der Waals surface area contributed by atoms with Crippen molar-refractivity contribution in [1.82, 2.24) is 0 Å². The summed E-state index contributed by atoms with van der Waals surface area (Å²) in [5.74, 6) is -0.255. The number of fused-ring (bicyclic) bond motifs is 1. The molecule has 30 heavy (non-hydrogen) atoms. The van der Waals surface area contributed by atoms with Crippen molar-refractivity contribution in [2.45, 2.75) is 20.0 Å². The quantitative estimate of drug-likeness (QED) is 0.542. The molecule has 1 heterocycles. The van der Waals surface area contributed by atoms with Gasteiger partial charge < -0.3 is 23.4 Å². The lowest BCUT2D eigenvalue weighted by atomic mass is 10.2. The Bertz CT molecular complexity index is 1110. The lowest BCUT2D eigenvalue weighted by Crippen LogP contribution is -2.18. The van der Waals surface area contributed by atoms with Crippen molar-refractivity contribution < 1.29 is 33.0 Å². The first-order chi connectivity index (χ1) is 14.4. The average Bonchev–Trinajstić information content (AvgIpc) is 2.73. The van der Waals surface area contributed by atoms with E-state index in [-0.39, 0.29) is 34.9 Å². The average molecular weight is 412 g/mol. The minimum atomic E-state index is -0.492. The molecule has 0 N–H and O–H groups in total. The molecule has 0 fully saturated rings. The summed E-state index contributed by atoms with van der Waals surface area (Å²) in [5, 5.41) is 0.288. The zero-order chi connectivity index (χ0) is 21.7. The maximum Gasteiger partial charge on any atom is 0.344 e. The van der Waals surface area contributed by atoms with Crippen LogP contribution in [-0.2, 0) is 14.3 Å². The number of carbonyl (C=O) groups is 2. The number of ether oxygens (including phenoxy) is 4. The van der Waals surface area contributed by atoms with Crippen LogP contribution in [0.25, 0.3) is 11.0 Å². The maximum atomic E-state index is 12.7. The van der Waals surface area contributed by atoms with Crippen LogP contribution >= 0.6 is 0 Å². The summed E-state index contributed by atoms with van der Waals surface area (Å²) in [7, 11) is 1.29. The SMILES string of the molecule is COC(=O)c1ccc(Oc2coc3cc(OCC(=O)OC(C)C)ccc3c2=O)cc1. The molecule has 0 bridgehead atoms. The van der Waals surface area contributed by atoms with E-state index in [1.54, 1.807) is 32.0 Å². The summed E-state index contributed by atoms with van der Waals surface area (Å²) in [5.41, 5.74) is 0.266. The molecule has 0 aliphatic rings. The van der Waals surface area contributed by atoms with Gasteiger partial charge in [-0.2, -0.15) is 0 Å². The van der Waals surface area contributed by atoms with Gasteiger partial charge in [0.05, 0.1) is 24.2 Å². The smallest absolute Gasteiger partial charge is 0.344 e. The third-order valence-corrected chi connectivity index (χ3v) is 3.94. The van der Waals surface area contributed by atoms with E-state index in [4.69, 9.17) is 18.6 Å². The van der Waals surface area contributed by atoms with Gasteiger partial charge in [-0.3, -0.25) is 4.79 Å². The number of carbonyl (C=O) groups excluding carboxylic acids is 2. The van der Waals surface area contributed by atoms with Crippen molar-refractivity contribution in [3.63, 3.8) is 0 Å². The van der Waals surface area contributed by atoms with Gasteiger partial charge in [-0.25, -0.2) is 9.59 Å². The highest BCUT2D eigenvalue weighted by Gasteiger charge is 2.12. The Morgan fingerprint density at radius 3 is 2.40 bits per heavy atom. The highest BCUT2D eigenvalue weighted by atomic mass is 16.6. The van der Waals surface area contributed by atoms with Gasteiger partial charge >= 0.3 is 11.9 Å². The van der Waals surface area contributed by atoms with Crippen LogP contribution in [0.4, 0.5) is 0 Å². The van der Waals surface area contributed by atoms with Crippen molar-refractivity contribution >= 4 is 22.9 Å². The molecule has 8 nitrogen and oxygen atoms in total. The van der Waals surface area contributed by atoms with Crippen molar-refractivity contribution in [3.8, 4) is 17.2 Å². The fraction of sp³-hybridized carbons (Fsp3) is 0.227. The highest BCUT2D eigenvalue weighted by Crippen LogP contribution is 2.24. The Hall–Kier alpha value is -3.81. The first-order valence-electron chi connectivity index (χ1n) is 9.11. The summed E-state index contributed by atoms with van der Waals surface area (Å²) in [4.78, 5) is 35.7. The van der Waals surface area contributed by atoms with Gasteiger partial charge in [0.15, 0.2) is 6.61 Å². The second kappa shape index (κ2) is 9.13. The van der Waals surface area contributed by atoms with Crippen LogP contribution < -0.4 is 14.9 Å². The van der Waals surface area contributed by atoms with E-state index in [0.717, 1.165) is 0 Å². The topological polar surface area (TPSA) is 101 Å². The minimum absolute atomic E-state index is 0.0116. The molecule has 0 spiro atoms. The molecule has 0 saturated carbocycles. The van der Waals surface area contributed by atoms with Crippen molar-refractivity contribution in [3.05, 3.63) is 64.5 Å². The number of methoxy groups -OCH3 is 1. The van der Waals surface area contributed by atoms with Gasteiger partial charge in [0.2, 0.25) is 11.2 Å². The van der Waals surface area contributed by atoms with E-state index in [9.17, 15) is 14.4 Å². The van der Waals surface area contributed by atoms with Gasteiger partial charge in [-0.1, -0.05) is 0 Å². The molecule has 0 amide bonds. The first kappa shape index (κ1) is 20.9. The molecule has 8 heteroatoms. The Morgan fingerprint density at radius 1 is 1.03 bits per heavy atom. The van der Waals surface area contributed by atoms with Crippen LogP contribution in [0.2, 0.25) is 0 Å². The number of benzene rings is 2. The van der Waals surface area contributed by atoms with Crippen LogP contribution in [0.3, 0.4) is 0 Å². The Morgan fingerprint density at radius 2 is 1.73 bits per heavy atom. The van der Waals surface area contributed by atoms with Crippen LogP contribution in [0.1, 0.15) is 24.2 Å². The van der Waals surface area contributed by atoms with Gasteiger partial charge in [-0.15, -0.1) is 0 Å². The second-order valence-electron chi connectivity index (χ2n) is 6.53. The fourth-order valence-electron chi connectivity index (χ4n) is 2.59. The van der Waals surface area contributed by atoms with Gasteiger partial charge in [0.1, 0.15) is 23.3 Å². The van der Waals surface area contributed by atoms with Crippen LogP contribution in [0.5, 0.6) is 17.2 Å². The van der Waals surface area contributed by atoms with E-state index < -0.39 is 11.9 Å². The lowest BCUT2D eigenvalue weighted by Gasteiger charge is -2.10. The number of hydrogen-bond donors (Lipinski definition) is 0. The fourth-order valence-corrected chi connectivity index (χ4v) is 2.59. The zero-order valence-corrected chi connectivity index (χ0v) is 16.7. The normalized spacial score (nSPS) is 10.7. The molecule has 156 valence electrons. The third kappa shape index (κ3) is 4.96. The van der Waals surface area contributed by atoms with E-state index in [2.05, 4.69) is 4.74 Å². The Balaban J connectivity index is 1.75. The van der Waals surface area contributed by atoms with Crippen LogP contribution in [-0.4, -0.2) is 31.8 Å². The molecule has 0 saturated heterocycles. The largest absolute Gasteiger partial charge is 0.482 e. The van der Waals surface area contributed by atoms with E-state index in [1.165, 1.54) is 37.6 Å². The number of hydrogen-bond acceptors (Lipinski definition) is 8. The summed E-state index contributed by atoms with van der Waals surface area (Å²) >= 11 is 0.